The highest BCUT2D eigenvalue weighted by Gasteiger charge is 2.13. The van der Waals surface area contributed by atoms with Crippen LogP contribution in [0.3, 0.4) is 0 Å². The Morgan fingerprint density at radius 1 is 1.35 bits per heavy atom. The summed E-state index contributed by atoms with van der Waals surface area (Å²) in [5.74, 6) is -0.167. The number of hydrogen-bond donors (Lipinski definition) is 1. The average Bonchev–Trinajstić information content (AvgIpc) is 2.91. The molecule has 1 aromatic heterocycles. The number of benzene rings is 1. The first-order valence-electron chi connectivity index (χ1n) is 6.86. The van der Waals surface area contributed by atoms with E-state index in [4.69, 9.17) is 0 Å². The zero-order valence-electron chi connectivity index (χ0n) is 11.5. The number of aromatic nitrogens is 1. The van der Waals surface area contributed by atoms with E-state index in [2.05, 4.69) is 15.2 Å². The van der Waals surface area contributed by atoms with Crippen molar-refractivity contribution in [1.82, 2.24) is 15.2 Å². The van der Waals surface area contributed by atoms with Gasteiger partial charge in [-0.1, -0.05) is 12.1 Å². The molecule has 1 aliphatic rings. The summed E-state index contributed by atoms with van der Waals surface area (Å²) in [6, 6.07) is 5.31. The summed E-state index contributed by atoms with van der Waals surface area (Å²) < 4.78 is 13.6. The number of rotatable bonds is 3. The standard InChI is InChI=1S/C15H18FN3S/c1-11-2-3-12(8-13(11)16)14-10-20-15(18-14)9-19-6-4-17-5-7-19/h2-3,8,10,17H,4-7,9H2,1H3. The lowest BCUT2D eigenvalue weighted by Crippen LogP contribution is -2.42. The first-order valence-corrected chi connectivity index (χ1v) is 7.74. The van der Waals surface area contributed by atoms with Crippen LogP contribution in [0.2, 0.25) is 0 Å². The Labute approximate surface area is 122 Å². The van der Waals surface area contributed by atoms with Gasteiger partial charge in [-0.15, -0.1) is 11.3 Å². The average molecular weight is 291 g/mol. The molecule has 1 saturated heterocycles. The molecule has 1 fully saturated rings. The van der Waals surface area contributed by atoms with Crippen molar-refractivity contribution in [2.75, 3.05) is 26.2 Å². The Bertz CT molecular complexity index is 591. The van der Waals surface area contributed by atoms with Crippen molar-refractivity contribution in [2.24, 2.45) is 0 Å². The second kappa shape index (κ2) is 5.99. The smallest absolute Gasteiger partial charge is 0.126 e. The van der Waals surface area contributed by atoms with Gasteiger partial charge in [0, 0.05) is 37.1 Å². The molecule has 1 aromatic carbocycles. The molecule has 2 aromatic rings. The molecule has 0 spiro atoms. The summed E-state index contributed by atoms with van der Waals surface area (Å²) in [6.07, 6.45) is 0. The lowest BCUT2D eigenvalue weighted by Gasteiger charge is -2.26. The summed E-state index contributed by atoms with van der Waals surface area (Å²) in [4.78, 5) is 7.03. The first-order chi connectivity index (χ1) is 9.72. The van der Waals surface area contributed by atoms with Gasteiger partial charge in [-0.3, -0.25) is 4.90 Å². The summed E-state index contributed by atoms with van der Waals surface area (Å²) >= 11 is 1.65. The Balaban J connectivity index is 1.73. The van der Waals surface area contributed by atoms with Crippen LogP contribution in [0.25, 0.3) is 11.3 Å². The zero-order chi connectivity index (χ0) is 13.9. The lowest BCUT2D eigenvalue weighted by atomic mass is 10.1. The Morgan fingerprint density at radius 2 is 2.15 bits per heavy atom. The van der Waals surface area contributed by atoms with Gasteiger partial charge >= 0.3 is 0 Å². The number of nitrogens with one attached hydrogen (secondary N) is 1. The Kier molecular flexibility index (Phi) is 4.10. The largest absolute Gasteiger partial charge is 0.314 e. The number of thiazole rings is 1. The summed E-state index contributed by atoms with van der Waals surface area (Å²) in [5, 5.41) is 6.46. The molecule has 20 heavy (non-hydrogen) atoms. The molecule has 0 bridgehead atoms. The van der Waals surface area contributed by atoms with E-state index in [0.717, 1.165) is 49.0 Å². The van der Waals surface area contributed by atoms with E-state index in [0.29, 0.717) is 5.56 Å². The van der Waals surface area contributed by atoms with E-state index in [1.165, 1.54) is 0 Å². The van der Waals surface area contributed by atoms with Crippen LogP contribution in [-0.4, -0.2) is 36.1 Å². The molecule has 5 heteroatoms. The topological polar surface area (TPSA) is 28.2 Å². The van der Waals surface area contributed by atoms with Crippen molar-refractivity contribution < 1.29 is 4.39 Å². The predicted molar refractivity (Wildman–Crippen MR) is 80.4 cm³/mol. The van der Waals surface area contributed by atoms with Crippen LogP contribution in [0, 0.1) is 12.7 Å². The highest BCUT2D eigenvalue weighted by molar-refractivity contribution is 7.09. The second-order valence-corrected chi connectivity index (χ2v) is 6.06. The van der Waals surface area contributed by atoms with Gasteiger partial charge in [-0.05, 0) is 18.6 Å². The third-order valence-corrected chi connectivity index (χ3v) is 4.42. The highest BCUT2D eigenvalue weighted by Crippen LogP contribution is 2.24. The SMILES string of the molecule is Cc1ccc(-c2csc(CN3CCNCC3)n2)cc1F. The maximum atomic E-state index is 13.6. The maximum Gasteiger partial charge on any atom is 0.126 e. The van der Waals surface area contributed by atoms with Crippen molar-refractivity contribution in [3.8, 4) is 11.3 Å². The molecular weight excluding hydrogens is 273 g/mol. The van der Waals surface area contributed by atoms with E-state index >= 15 is 0 Å². The third-order valence-electron chi connectivity index (χ3n) is 3.59. The normalized spacial score (nSPS) is 16.5. The van der Waals surface area contributed by atoms with Gasteiger partial charge < -0.3 is 5.32 Å². The van der Waals surface area contributed by atoms with Crippen LogP contribution in [-0.2, 0) is 6.54 Å². The predicted octanol–water partition coefficient (Wildman–Crippen LogP) is 2.66. The number of halogens is 1. The fourth-order valence-electron chi connectivity index (χ4n) is 2.33. The number of piperazine rings is 1. The minimum Gasteiger partial charge on any atom is -0.314 e. The quantitative estimate of drug-likeness (QED) is 0.942. The van der Waals surface area contributed by atoms with Gasteiger partial charge in [0.25, 0.3) is 0 Å². The Hall–Kier alpha value is -1.30. The van der Waals surface area contributed by atoms with Crippen LogP contribution >= 0.6 is 11.3 Å². The van der Waals surface area contributed by atoms with Gasteiger partial charge in [-0.25, -0.2) is 9.37 Å². The van der Waals surface area contributed by atoms with Crippen LogP contribution in [0.15, 0.2) is 23.6 Å². The molecule has 1 aliphatic heterocycles. The monoisotopic (exact) mass is 291 g/mol. The molecule has 2 heterocycles. The van der Waals surface area contributed by atoms with Crippen molar-refractivity contribution in [2.45, 2.75) is 13.5 Å². The molecule has 0 atom stereocenters. The van der Waals surface area contributed by atoms with Crippen molar-refractivity contribution >= 4 is 11.3 Å². The fraction of sp³-hybridized carbons (Fsp3) is 0.400. The van der Waals surface area contributed by atoms with E-state index in [-0.39, 0.29) is 5.82 Å². The van der Waals surface area contributed by atoms with Crippen molar-refractivity contribution in [3.05, 3.63) is 40.0 Å². The molecule has 0 unspecified atom stereocenters. The van der Waals surface area contributed by atoms with E-state index in [1.54, 1.807) is 30.4 Å². The van der Waals surface area contributed by atoms with Crippen molar-refractivity contribution in [1.29, 1.82) is 0 Å². The first kappa shape index (κ1) is 13.7. The van der Waals surface area contributed by atoms with E-state index in [1.807, 2.05) is 11.4 Å². The molecule has 0 saturated carbocycles. The highest BCUT2D eigenvalue weighted by atomic mass is 32.1. The molecule has 106 valence electrons. The molecule has 0 aliphatic carbocycles. The van der Waals surface area contributed by atoms with Crippen LogP contribution < -0.4 is 5.32 Å². The summed E-state index contributed by atoms with van der Waals surface area (Å²) in [7, 11) is 0. The summed E-state index contributed by atoms with van der Waals surface area (Å²) in [6.45, 7) is 6.88. The maximum absolute atomic E-state index is 13.6. The van der Waals surface area contributed by atoms with Gasteiger partial charge in [0.2, 0.25) is 0 Å². The zero-order valence-corrected chi connectivity index (χ0v) is 12.3. The van der Waals surface area contributed by atoms with Gasteiger partial charge in [0.05, 0.1) is 12.2 Å². The molecule has 3 rings (SSSR count). The molecule has 0 radical (unpaired) electrons. The van der Waals surface area contributed by atoms with Gasteiger partial charge in [-0.2, -0.15) is 0 Å². The number of aryl methyl sites for hydroxylation is 1. The number of hydrogen-bond acceptors (Lipinski definition) is 4. The van der Waals surface area contributed by atoms with Crippen molar-refractivity contribution in [3.63, 3.8) is 0 Å². The molecule has 0 amide bonds. The van der Waals surface area contributed by atoms with Gasteiger partial charge in [0.15, 0.2) is 0 Å². The Morgan fingerprint density at radius 3 is 2.90 bits per heavy atom. The molecular formula is C15H18FN3S. The number of nitrogens with zero attached hydrogens (tertiary/aromatic N) is 2. The van der Waals surface area contributed by atoms with E-state index < -0.39 is 0 Å². The van der Waals surface area contributed by atoms with Crippen LogP contribution in [0.1, 0.15) is 10.6 Å². The van der Waals surface area contributed by atoms with Crippen LogP contribution in [0.5, 0.6) is 0 Å². The lowest BCUT2D eigenvalue weighted by molar-refractivity contribution is 0.233. The third kappa shape index (κ3) is 3.06. The van der Waals surface area contributed by atoms with E-state index in [9.17, 15) is 4.39 Å². The minimum absolute atomic E-state index is 0.167. The van der Waals surface area contributed by atoms with Crippen LogP contribution in [0.4, 0.5) is 4.39 Å². The second-order valence-electron chi connectivity index (χ2n) is 5.12. The fourth-order valence-corrected chi connectivity index (χ4v) is 3.17. The van der Waals surface area contributed by atoms with Gasteiger partial charge in [0.1, 0.15) is 10.8 Å². The summed E-state index contributed by atoms with van der Waals surface area (Å²) in [5.41, 5.74) is 2.40. The minimum atomic E-state index is -0.167. The molecule has 3 nitrogen and oxygen atoms in total. The molecule has 1 N–H and O–H groups in total.